The Labute approximate surface area is 135 Å². The lowest BCUT2D eigenvalue weighted by Gasteiger charge is -2.17. The zero-order valence-corrected chi connectivity index (χ0v) is 13.3. The van der Waals surface area contributed by atoms with Crippen molar-refractivity contribution in [3.8, 4) is 0 Å². The van der Waals surface area contributed by atoms with Gasteiger partial charge in [0.2, 0.25) is 11.0 Å². The summed E-state index contributed by atoms with van der Waals surface area (Å²) < 4.78 is 26.6. The van der Waals surface area contributed by atoms with Crippen LogP contribution in [0.3, 0.4) is 0 Å². The summed E-state index contributed by atoms with van der Waals surface area (Å²) in [6, 6.07) is 10.4. The molecule has 0 atom stereocenters. The third-order valence-electron chi connectivity index (χ3n) is 3.57. The van der Waals surface area contributed by atoms with Crippen LogP contribution in [0.15, 0.2) is 46.8 Å². The van der Waals surface area contributed by atoms with E-state index in [4.69, 9.17) is 0 Å². The van der Waals surface area contributed by atoms with Crippen molar-refractivity contribution in [1.29, 1.82) is 0 Å². The predicted octanol–water partition coefficient (Wildman–Crippen LogP) is 1.84. The molecule has 0 bridgehead atoms. The molecule has 1 aliphatic rings. The molecule has 4 rings (SSSR count). The number of carbonyl (C=O) groups is 1. The molecule has 7 nitrogen and oxygen atoms in total. The van der Waals surface area contributed by atoms with Crippen LogP contribution < -0.4 is 9.62 Å². The zero-order chi connectivity index (χ0) is 16.0. The lowest BCUT2D eigenvalue weighted by molar-refractivity contribution is -0.114. The lowest BCUT2D eigenvalue weighted by Crippen LogP contribution is -2.35. The summed E-state index contributed by atoms with van der Waals surface area (Å²) in [5.74, 6) is -0.463. The summed E-state index contributed by atoms with van der Waals surface area (Å²) in [6.45, 7) is -0.310. The summed E-state index contributed by atoms with van der Waals surface area (Å²) >= 11 is 1.17. The minimum absolute atomic E-state index is 0.231. The number of anilines is 2. The number of benzene rings is 2. The standard InChI is InChI=1S/C14H10N4O3S2/c19-12(16-14-17-15-8-22-14)7-18-10-5-1-3-9-4-2-6-11(13(9)10)23(18,20)21/h1-6,8H,7H2,(H,16,17,19). The van der Waals surface area contributed by atoms with Crippen molar-refractivity contribution in [2.45, 2.75) is 4.90 Å². The molecule has 23 heavy (non-hydrogen) atoms. The molecular weight excluding hydrogens is 336 g/mol. The number of hydrogen-bond acceptors (Lipinski definition) is 6. The first-order valence-corrected chi connectivity index (χ1v) is 9.00. The first-order chi connectivity index (χ1) is 11.1. The van der Waals surface area contributed by atoms with E-state index in [0.29, 0.717) is 16.2 Å². The first kappa shape index (κ1) is 14.1. The van der Waals surface area contributed by atoms with Gasteiger partial charge in [-0.3, -0.25) is 14.4 Å². The van der Waals surface area contributed by atoms with E-state index in [1.54, 1.807) is 24.3 Å². The Morgan fingerprint density at radius 2 is 2.00 bits per heavy atom. The lowest BCUT2D eigenvalue weighted by atomic mass is 10.1. The number of sulfonamides is 1. The molecule has 3 aromatic rings. The van der Waals surface area contributed by atoms with Gasteiger partial charge in [0.05, 0.1) is 10.6 Å². The number of amides is 1. The molecular formula is C14H10N4O3S2. The molecule has 9 heteroatoms. The van der Waals surface area contributed by atoms with Gasteiger partial charge in [-0.15, -0.1) is 10.2 Å². The van der Waals surface area contributed by atoms with Crippen LogP contribution in [-0.2, 0) is 14.8 Å². The maximum absolute atomic E-state index is 12.7. The SMILES string of the molecule is O=C(CN1c2cccc3cccc(c23)S1(=O)=O)Nc1nncs1. The Hall–Kier alpha value is -2.52. The molecule has 1 amide bonds. The van der Waals surface area contributed by atoms with E-state index in [0.717, 1.165) is 9.69 Å². The topological polar surface area (TPSA) is 92.3 Å². The van der Waals surface area contributed by atoms with Gasteiger partial charge in [-0.2, -0.15) is 0 Å². The van der Waals surface area contributed by atoms with E-state index in [2.05, 4.69) is 15.5 Å². The molecule has 2 aromatic carbocycles. The highest BCUT2D eigenvalue weighted by molar-refractivity contribution is 7.93. The number of rotatable bonds is 3. The van der Waals surface area contributed by atoms with Gasteiger partial charge in [0.25, 0.3) is 10.0 Å². The number of aromatic nitrogens is 2. The van der Waals surface area contributed by atoms with Crippen LogP contribution in [-0.4, -0.2) is 31.1 Å². The van der Waals surface area contributed by atoms with Crippen molar-refractivity contribution < 1.29 is 13.2 Å². The Kier molecular flexibility index (Phi) is 3.06. The average Bonchev–Trinajstić information content (AvgIpc) is 3.10. The van der Waals surface area contributed by atoms with Crippen molar-refractivity contribution in [3.05, 3.63) is 41.9 Å². The van der Waals surface area contributed by atoms with Crippen LogP contribution >= 0.6 is 11.3 Å². The minimum atomic E-state index is -3.73. The molecule has 1 aromatic heterocycles. The summed E-state index contributed by atoms with van der Waals surface area (Å²) in [7, 11) is -3.73. The molecule has 0 unspecified atom stereocenters. The molecule has 0 radical (unpaired) electrons. The monoisotopic (exact) mass is 346 g/mol. The second-order valence-corrected chi connectivity index (χ2v) is 7.60. The van der Waals surface area contributed by atoms with Crippen LogP contribution in [0.25, 0.3) is 10.8 Å². The number of carbonyl (C=O) groups excluding carboxylic acids is 1. The van der Waals surface area contributed by atoms with E-state index in [-0.39, 0.29) is 11.4 Å². The summed E-state index contributed by atoms with van der Waals surface area (Å²) in [6.07, 6.45) is 0. The second kappa shape index (κ2) is 5.00. The van der Waals surface area contributed by atoms with Gasteiger partial charge < -0.3 is 0 Å². The first-order valence-electron chi connectivity index (χ1n) is 6.68. The highest BCUT2D eigenvalue weighted by Gasteiger charge is 2.36. The number of nitrogens with one attached hydrogen (secondary N) is 1. The minimum Gasteiger partial charge on any atom is -0.299 e. The normalized spacial score (nSPS) is 15.0. The summed E-state index contributed by atoms with van der Waals surface area (Å²) in [5, 5.41) is 11.7. The molecule has 116 valence electrons. The molecule has 1 N–H and O–H groups in total. The van der Waals surface area contributed by atoms with Crippen molar-refractivity contribution in [2.24, 2.45) is 0 Å². The fourth-order valence-corrected chi connectivity index (χ4v) is 4.77. The number of hydrogen-bond donors (Lipinski definition) is 1. The highest BCUT2D eigenvalue weighted by atomic mass is 32.2. The van der Waals surface area contributed by atoms with Crippen LogP contribution in [0.5, 0.6) is 0 Å². The van der Waals surface area contributed by atoms with Gasteiger partial charge in [-0.05, 0) is 17.5 Å². The summed E-state index contributed by atoms with van der Waals surface area (Å²) in [5.41, 5.74) is 2.00. The Morgan fingerprint density at radius 1 is 1.22 bits per heavy atom. The predicted molar refractivity (Wildman–Crippen MR) is 87.0 cm³/mol. The van der Waals surface area contributed by atoms with E-state index >= 15 is 0 Å². The van der Waals surface area contributed by atoms with E-state index in [9.17, 15) is 13.2 Å². The van der Waals surface area contributed by atoms with Crippen LogP contribution in [0.2, 0.25) is 0 Å². The van der Waals surface area contributed by atoms with E-state index in [1.165, 1.54) is 16.8 Å². The fourth-order valence-electron chi connectivity index (χ4n) is 2.65. The van der Waals surface area contributed by atoms with Crippen LogP contribution in [0.4, 0.5) is 10.8 Å². The Morgan fingerprint density at radius 3 is 2.74 bits per heavy atom. The molecule has 2 heterocycles. The van der Waals surface area contributed by atoms with Crippen molar-refractivity contribution in [3.63, 3.8) is 0 Å². The third-order valence-corrected chi connectivity index (χ3v) is 5.98. The third kappa shape index (κ3) is 2.16. The van der Waals surface area contributed by atoms with Crippen molar-refractivity contribution in [1.82, 2.24) is 10.2 Å². The van der Waals surface area contributed by atoms with E-state index in [1.807, 2.05) is 12.1 Å². The van der Waals surface area contributed by atoms with Crippen molar-refractivity contribution >= 4 is 48.9 Å². The molecule has 0 saturated heterocycles. The quantitative estimate of drug-likeness (QED) is 0.781. The maximum atomic E-state index is 12.7. The van der Waals surface area contributed by atoms with Gasteiger partial charge in [0.1, 0.15) is 12.1 Å². The van der Waals surface area contributed by atoms with Gasteiger partial charge in [0.15, 0.2) is 0 Å². The molecule has 0 aliphatic carbocycles. The average molecular weight is 346 g/mol. The van der Waals surface area contributed by atoms with E-state index < -0.39 is 15.9 Å². The van der Waals surface area contributed by atoms with Gasteiger partial charge in [0, 0.05) is 5.39 Å². The molecule has 0 spiro atoms. The van der Waals surface area contributed by atoms with Gasteiger partial charge >= 0.3 is 0 Å². The van der Waals surface area contributed by atoms with Gasteiger partial charge in [-0.1, -0.05) is 35.6 Å². The summed E-state index contributed by atoms with van der Waals surface area (Å²) in [4.78, 5) is 12.4. The largest absolute Gasteiger partial charge is 0.299 e. The second-order valence-electron chi connectivity index (χ2n) is 4.94. The smallest absolute Gasteiger partial charge is 0.265 e. The molecule has 0 saturated carbocycles. The van der Waals surface area contributed by atoms with Gasteiger partial charge in [-0.25, -0.2) is 8.42 Å². The van der Waals surface area contributed by atoms with Crippen LogP contribution in [0, 0.1) is 0 Å². The maximum Gasteiger partial charge on any atom is 0.265 e. The Bertz CT molecular complexity index is 1010. The fraction of sp³-hybridized carbons (Fsp3) is 0.0714. The van der Waals surface area contributed by atoms with Crippen molar-refractivity contribution in [2.75, 3.05) is 16.2 Å². The van der Waals surface area contributed by atoms with Crippen LogP contribution in [0.1, 0.15) is 0 Å². The zero-order valence-electron chi connectivity index (χ0n) is 11.6. The Balaban J connectivity index is 1.73. The molecule has 1 aliphatic heterocycles. The highest BCUT2D eigenvalue weighted by Crippen LogP contribution is 2.41. The molecule has 0 fully saturated rings. The number of nitrogens with zero attached hydrogens (tertiary/aromatic N) is 3.